The van der Waals surface area contributed by atoms with Gasteiger partial charge in [0, 0.05) is 22.3 Å². The third-order valence-corrected chi connectivity index (χ3v) is 5.34. The number of hydrogen-bond acceptors (Lipinski definition) is 4. The fourth-order valence-corrected chi connectivity index (χ4v) is 4.02. The summed E-state index contributed by atoms with van der Waals surface area (Å²) in [7, 11) is -3.79. The van der Waals surface area contributed by atoms with Crippen molar-refractivity contribution in [1.29, 1.82) is 0 Å². The maximum Gasteiger partial charge on any atom is 0.335 e. The fraction of sp³-hybridized carbons (Fsp3) is 0.167. The van der Waals surface area contributed by atoms with Gasteiger partial charge in [0.2, 0.25) is 10.0 Å². The second-order valence-electron chi connectivity index (χ2n) is 4.32. The van der Waals surface area contributed by atoms with Crippen molar-refractivity contribution in [3.8, 4) is 0 Å². The summed E-state index contributed by atoms with van der Waals surface area (Å²) in [6, 6.07) is 3.27. The van der Waals surface area contributed by atoms with Crippen LogP contribution in [0.3, 0.4) is 0 Å². The van der Waals surface area contributed by atoms with Crippen molar-refractivity contribution in [2.24, 2.45) is 0 Å². The van der Waals surface area contributed by atoms with Gasteiger partial charge < -0.3 is 5.11 Å². The highest BCUT2D eigenvalue weighted by molar-refractivity contribution is 9.10. The number of aromatic carboxylic acids is 1. The number of nitrogens with zero attached hydrogens (tertiary/aromatic N) is 1. The minimum Gasteiger partial charge on any atom is -0.478 e. The Hall–Kier alpha value is -1.71. The molecule has 0 amide bonds. The number of halogens is 1. The lowest BCUT2D eigenvalue weighted by molar-refractivity contribution is 0.0696. The van der Waals surface area contributed by atoms with E-state index in [2.05, 4.69) is 30.8 Å². The van der Waals surface area contributed by atoms with E-state index in [9.17, 15) is 13.2 Å². The van der Waals surface area contributed by atoms with Crippen molar-refractivity contribution in [3.63, 3.8) is 0 Å². The zero-order valence-electron chi connectivity index (χ0n) is 10.9. The second-order valence-corrected chi connectivity index (χ2v) is 6.86. The lowest BCUT2D eigenvalue weighted by Crippen LogP contribution is -2.27. The first-order chi connectivity index (χ1) is 9.81. The van der Waals surface area contributed by atoms with Crippen LogP contribution in [0.15, 0.2) is 40.0 Å². The number of aromatic amines is 1. The largest absolute Gasteiger partial charge is 0.478 e. The number of carboxylic acid groups (broad SMARTS) is 1. The Morgan fingerprint density at radius 2 is 2.19 bits per heavy atom. The van der Waals surface area contributed by atoms with Crippen LogP contribution in [0, 0.1) is 0 Å². The quantitative estimate of drug-likeness (QED) is 0.740. The summed E-state index contributed by atoms with van der Waals surface area (Å²) in [5, 5.41) is 15.2. The monoisotopic (exact) mass is 373 g/mol. The summed E-state index contributed by atoms with van der Waals surface area (Å²) >= 11 is 3.09. The standard InChI is InChI=1S/C12H12BrN3O4S/c1-7(9-5-14-15-6-9)16-21(19,20)11-3-2-8(12(17)18)4-10(11)13/h2-7,16H,1H3,(H,14,15)(H,17,18). The van der Waals surface area contributed by atoms with Gasteiger partial charge in [-0.1, -0.05) is 0 Å². The van der Waals surface area contributed by atoms with Gasteiger partial charge in [-0.3, -0.25) is 5.10 Å². The molecule has 1 aromatic heterocycles. The number of rotatable bonds is 5. The predicted octanol–water partition coefficient (Wildman–Crippen LogP) is 1.91. The third kappa shape index (κ3) is 3.49. The minimum absolute atomic E-state index is 0.00343. The van der Waals surface area contributed by atoms with E-state index in [4.69, 9.17) is 5.11 Å². The molecule has 0 aliphatic heterocycles. The summed E-state index contributed by atoms with van der Waals surface area (Å²) in [6.45, 7) is 1.68. The number of carbonyl (C=O) groups is 1. The molecule has 21 heavy (non-hydrogen) atoms. The molecule has 9 heteroatoms. The van der Waals surface area contributed by atoms with Crippen molar-refractivity contribution in [3.05, 3.63) is 46.2 Å². The molecule has 0 bridgehead atoms. The third-order valence-electron chi connectivity index (χ3n) is 2.82. The number of hydrogen-bond donors (Lipinski definition) is 3. The first-order valence-electron chi connectivity index (χ1n) is 5.85. The van der Waals surface area contributed by atoms with Crippen molar-refractivity contribution in [1.82, 2.24) is 14.9 Å². The second kappa shape index (κ2) is 5.96. The predicted molar refractivity (Wildman–Crippen MR) is 78.4 cm³/mol. The molecule has 0 aliphatic carbocycles. The van der Waals surface area contributed by atoms with Crippen LogP contribution in [0.5, 0.6) is 0 Å². The smallest absolute Gasteiger partial charge is 0.335 e. The van der Waals surface area contributed by atoms with Crippen LogP contribution in [0.2, 0.25) is 0 Å². The molecule has 0 radical (unpaired) electrons. The van der Waals surface area contributed by atoms with Gasteiger partial charge in [-0.05, 0) is 41.1 Å². The van der Waals surface area contributed by atoms with Crippen LogP contribution >= 0.6 is 15.9 Å². The first kappa shape index (κ1) is 15.7. The highest BCUT2D eigenvalue weighted by Crippen LogP contribution is 2.25. The molecule has 0 saturated carbocycles. The van der Waals surface area contributed by atoms with E-state index in [0.29, 0.717) is 5.56 Å². The number of H-pyrrole nitrogens is 1. The average molecular weight is 374 g/mol. The number of aromatic nitrogens is 2. The highest BCUT2D eigenvalue weighted by atomic mass is 79.9. The molecule has 1 heterocycles. The topological polar surface area (TPSA) is 112 Å². The van der Waals surface area contributed by atoms with Crippen LogP contribution < -0.4 is 4.72 Å². The zero-order chi connectivity index (χ0) is 15.6. The van der Waals surface area contributed by atoms with Crippen LogP contribution in [0.1, 0.15) is 28.9 Å². The molecular weight excluding hydrogens is 362 g/mol. The summed E-state index contributed by atoms with van der Waals surface area (Å²) in [6.07, 6.45) is 3.12. The average Bonchev–Trinajstić information content (AvgIpc) is 2.91. The van der Waals surface area contributed by atoms with Gasteiger partial charge in [-0.15, -0.1) is 0 Å². The number of benzene rings is 1. The van der Waals surface area contributed by atoms with Crippen LogP contribution in [-0.4, -0.2) is 29.7 Å². The van der Waals surface area contributed by atoms with Crippen molar-refractivity contribution >= 4 is 31.9 Å². The van der Waals surface area contributed by atoms with Gasteiger partial charge >= 0.3 is 5.97 Å². The molecule has 112 valence electrons. The van der Waals surface area contributed by atoms with E-state index in [1.807, 2.05) is 0 Å². The molecule has 0 saturated heterocycles. The molecule has 2 aromatic rings. The zero-order valence-corrected chi connectivity index (χ0v) is 13.3. The maximum atomic E-state index is 12.3. The van der Waals surface area contributed by atoms with E-state index in [1.54, 1.807) is 13.1 Å². The SMILES string of the molecule is CC(NS(=O)(=O)c1ccc(C(=O)O)cc1Br)c1cn[nH]c1. The van der Waals surface area contributed by atoms with Gasteiger partial charge in [0.25, 0.3) is 0 Å². The number of nitrogens with one attached hydrogen (secondary N) is 2. The van der Waals surface area contributed by atoms with E-state index in [0.717, 1.165) is 0 Å². The van der Waals surface area contributed by atoms with Crippen LogP contribution in [-0.2, 0) is 10.0 Å². The van der Waals surface area contributed by atoms with Gasteiger partial charge in [-0.2, -0.15) is 5.10 Å². The molecule has 7 nitrogen and oxygen atoms in total. The van der Waals surface area contributed by atoms with E-state index in [-0.39, 0.29) is 14.9 Å². The summed E-state index contributed by atoms with van der Waals surface area (Å²) in [5.41, 5.74) is 0.695. The van der Waals surface area contributed by atoms with E-state index in [1.165, 1.54) is 24.4 Å². The van der Waals surface area contributed by atoms with Gasteiger partial charge in [0.05, 0.1) is 16.7 Å². The lowest BCUT2D eigenvalue weighted by Gasteiger charge is -2.14. The Labute approximate surface area is 129 Å². The maximum absolute atomic E-state index is 12.3. The molecule has 0 fully saturated rings. The molecule has 1 unspecified atom stereocenters. The summed E-state index contributed by atoms with van der Waals surface area (Å²) in [5.74, 6) is -1.13. The Morgan fingerprint density at radius 1 is 1.48 bits per heavy atom. The van der Waals surface area contributed by atoms with E-state index >= 15 is 0 Å². The van der Waals surface area contributed by atoms with Crippen LogP contribution in [0.25, 0.3) is 0 Å². The van der Waals surface area contributed by atoms with Crippen molar-refractivity contribution in [2.45, 2.75) is 17.9 Å². The normalized spacial score (nSPS) is 13.0. The summed E-state index contributed by atoms with van der Waals surface area (Å²) in [4.78, 5) is 10.8. The Balaban J connectivity index is 2.29. The Morgan fingerprint density at radius 3 is 2.71 bits per heavy atom. The van der Waals surface area contributed by atoms with Gasteiger partial charge in [-0.25, -0.2) is 17.9 Å². The van der Waals surface area contributed by atoms with E-state index < -0.39 is 22.0 Å². The molecule has 0 aliphatic rings. The molecule has 1 aromatic carbocycles. The van der Waals surface area contributed by atoms with Gasteiger partial charge in [0.15, 0.2) is 0 Å². The lowest BCUT2D eigenvalue weighted by atomic mass is 10.2. The van der Waals surface area contributed by atoms with Gasteiger partial charge in [0.1, 0.15) is 0 Å². The first-order valence-corrected chi connectivity index (χ1v) is 8.13. The fourth-order valence-electron chi connectivity index (χ4n) is 1.71. The summed E-state index contributed by atoms with van der Waals surface area (Å²) < 4.78 is 27.3. The van der Waals surface area contributed by atoms with Crippen molar-refractivity contribution in [2.75, 3.05) is 0 Å². The molecule has 2 rings (SSSR count). The Bertz CT molecular complexity index is 759. The molecule has 0 spiro atoms. The highest BCUT2D eigenvalue weighted by Gasteiger charge is 2.22. The molecular formula is C12H12BrN3O4S. The van der Waals surface area contributed by atoms with Crippen LogP contribution in [0.4, 0.5) is 0 Å². The Kier molecular flexibility index (Phi) is 4.45. The number of sulfonamides is 1. The number of carboxylic acids is 1. The molecule has 3 N–H and O–H groups in total. The molecule has 1 atom stereocenters. The minimum atomic E-state index is -3.79. The van der Waals surface area contributed by atoms with Crippen molar-refractivity contribution < 1.29 is 18.3 Å².